The summed E-state index contributed by atoms with van der Waals surface area (Å²) in [4.78, 5) is 41.7. The number of carbonyl (C=O) groups is 3. The van der Waals surface area contributed by atoms with Gasteiger partial charge in [0.2, 0.25) is 5.91 Å². The van der Waals surface area contributed by atoms with Crippen LogP contribution in [0.5, 0.6) is 5.75 Å². The van der Waals surface area contributed by atoms with E-state index in [0.717, 1.165) is 39.9 Å². The van der Waals surface area contributed by atoms with E-state index in [4.69, 9.17) is 9.47 Å². The van der Waals surface area contributed by atoms with Gasteiger partial charge in [-0.15, -0.1) is 0 Å². The lowest BCUT2D eigenvalue weighted by Gasteiger charge is -2.28. The zero-order valence-corrected chi connectivity index (χ0v) is 23.7. The second-order valence-corrected chi connectivity index (χ2v) is 10.9. The Morgan fingerprint density at radius 3 is 2.58 bits per heavy atom. The summed E-state index contributed by atoms with van der Waals surface area (Å²) in [6, 6.07) is 18.9. The number of hydrogen-bond acceptors (Lipinski definition) is 7. The minimum atomic E-state index is -0.576. The van der Waals surface area contributed by atoms with Crippen molar-refractivity contribution < 1.29 is 28.2 Å². The van der Waals surface area contributed by atoms with Crippen molar-refractivity contribution in [1.29, 1.82) is 0 Å². The van der Waals surface area contributed by atoms with E-state index in [0.29, 0.717) is 35.8 Å². The predicted octanol–water partition coefficient (Wildman–Crippen LogP) is 5.68. The molecule has 11 heteroatoms. The van der Waals surface area contributed by atoms with Crippen LogP contribution in [0.25, 0.3) is 6.08 Å². The van der Waals surface area contributed by atoms with Gasteiger partial charge in [-0.3, -0.25) is 19.3 Å². The van der Waals surface area contributed by atoms with E-state index in [1.807, 2.05) is 12.1 Å². The van der Waals surface area contributed by atoms with E-state index < -0.39 is 23.6 Å². The molecule has 5 rings (SSSR count). The minimum Gasteiger partial charge on any atom is -0.488 e. The van der Waals surface area contributed by atoms with Crippen LogP contribution in [-0.2, 0) is 20.9 Å². The van der Waals surface area contributed by atoms with E-state index >= 15 is 0 Å². The van der Waals surface area contributed by atoms with Crippen LogP contribution in [0.1, 0.15) is 11.1 Å². The largest absolute Gasteiger partial charge is 0.488 e. The molecular formula is C29H25BrFN3O5S. The molecule has 0 spiro atoms. The number of nitrogens with one attached hydrogen (secondary N) is 1. The standard InChI is InChI=1S/C29H25BrFN3O5S/c30-21-5-10-25(39-18-19-3-1-2-4-24(19)31)20(15-21)16-26-28(36)34(29(37)40-26)17-27(35)32-22-6-8-23(9-7-22)33-11-13-38-14-12-33/h1-10,15-16H,11-14,17-18H2,(H,32,35)/b26-16-. The van der Waals surface area contributed by atoms with Crippen LogP contribution in [0.4, 0.5) is 20.6 Å². The Bertz CT molecular complexity index is 1460. The van der Waals surface area contributed by atoms with E-state index in [1.54, 1.807) is 48.5 Å². The lowest BCUT2D eigenvalue weighted by molar-refractivity contribution is -0.127. The molecule has 0 aliphatic carbocycles. The molecule has 0 unspecified atom stereocenters. The molecule has 3 amide bonds. The number of imide groups is 1. The number of anilines is 2. The van der Waals surface area contributed by atoms with Gasteiger partial charge in [0, 0.05) is 40.1 Å². The van der Waals surface area contributed by atoms with Crippen molar-refractivity contribution in [2.24, 2.45) is 0 Å². The second-order valence-electron chi connectivity index (χ2n) is 9.02. The summed E-state index contributed by atoms with van der Waals surface area (Å²) in [5, 5.41) is 2.20. The van der Waals surface area contributed by atoms with Gasteiger partial charge in [0.15, 0.2) is 0 Å². The molecule has 0 bridgehead atoms. The van der Waals surface area contributed by atoms with Crippen molar-refractivity contribution >= 4 is 62.2 Å². The number of rotatable bonds is 8. The van der Waals surface area contributed by atoms with E-state index in [1.165, 1.54) is 12.1 Å². The van der Waals surface area contributed by atoms with Crippen molar-refractivity contribution in [2.75, 3.05) is 43.1 Å². The summed E-state index contributed by atoms with van der Waals surface area (Å²) < 4.78 is 26.0. The fourth-order valence-electron chi connectivity index (χ4n) is 4.23. The average molecular weight is 627 g/mol. The number of carbonyl (C=O) groups excluding carboxylic acids is 3. The second kappa shape index (κ2) is 12.7. The topological polar surface area (TPSA) is 88.2 Å². The molecule has 3 aromatic rings. The fourth-order valence-corrected chi connectivity index (χ4v) is 5.44. The highest BCUT2D eigenvalue weighted by atomic mass is 79.9. The van der Waals surface area contributed by atoms with Gasteiger partial charge in [0.25, 0.3) is 11.1 Å². The summed E-state index contributed by atoms with van der Waals surface area (Å²) in [5.41, 5.74) is 2.51. The molecular weight excluding hydrogens is 601 g/mol. The molecule has 2 aliphatic heterocycles. The molecule has 0 atom stereocenters. The van der Waals surface area contributed by atoms with E-state index in [2.05, 4.69) is 26.1 Å². The zero-order valence-electron chi connectivity index (χ0n) is 21.3. The van der Waals surface area contributed by atoms with Crippen molar-refractivity contribution in [3.63, 3.8) is 0 Å². The average Bonchev–Trinajstić information content (AvgIpc) is 3.21. The van der Waals surface area contributed by atoms with Gasteiger partial charge in [0.1, 0.15) is 24.7 Å². The van der Waals surface area contributed by atoms with Gasteiger partial charge in [-0.1, -0.05) is 34.1 Å². The predicted molar refractivity (Wildman–Crippen MR) is 156 cm³/mol. The summed E-state index contributed by atoms with van der Waals surface area (Å²) in [7, 11) is 0. The fraction of sp³-hybridized carbons (Fsp3) is 0.207. The number of hydrogen-bond donors (Lipinski definition) is 1. The first-order chi connectivity index (χ1) is 19.4. The van der Waals surface area contributed by atoms with Gasteiger partial charge < -0.3 is 19.7 Å². The van der Waals surface area contributed by atoms with Crippen LogP contribution in [0.2, 0.25) is 0 Å². The minimum absolute atomic E-state index is 0.00970. The number of amides is 3. The number of ether oxygens (including phenoxy) is 2. The molecule has 8 nitrogen and oxygen atoms in total. The van der Waals surface area contributed by atoms with Crippen molar-refractivity contribution in [3.8, 4) is 5.75 Å². The zero-order chi connectivity index (χ0) is 28.1. The highest BCUT2D eigenvalue weighted by Crippen LogP contribution is 2.35. The van der Waals surface area contributed by atoms with Gasteiger partial charge >= 0.3 is 0 Å². The van der Waals surface area contributed by atoms with Crippen molar-refractivity contribution in [2.45, 2.75) is 6.61 Å². The lowest BCUT2D eigenvalue weighted by Crippen LogP contribution is -2.36. The highest BCUT2D eigenvalue weighted by Gasteiger charge is 2.36. The Kier molecular flexibility index (Phi) is 8.83. The van der Waals surface area contributed by atoms with Gasteiger partial charge in [-0.25, -0.2) is 4.39 Å². The number of benzene rings is 3. The molecule has 0 aromatic heterocycles. The van der Waals surface area contributed by atoms with Crippen LogP contribution >= 0.6 is 27.7 Å². The Morgan fingerprint density at radius 1 is 1.07 bits per heavy atom. The summed E-state index contributed by atoms with van der Waals surface area (Å²) in [6.07, 6.45) is 1.54. The first-order valence-electron chi connectivity index (χ1n) is 12.5. The van der Waals surface area contributed by atoms with Gasteiger partial charge in [-0.2, -0.15) is 0 Å². The monoisotopic (exact) mass is 625 g/mol. The molecule has 2 saturated heterocycles. The third-order valence-corrected chi connectivity index (χ3v) is 7.70. The summed E-state index contributed by atoms with van der Waals surface area (Å²) >= 11 is 4.15. The maximum atomic E-state index is 14.0. The molecule has 0 saturated carbocycles. The summed E-state index contributed by atoms with van der Waals surface area (Å²) in [6.45, 7) is 2.53. The van der Waals surface area contributed by atoms with E-state index in [-0.39, 0.29) is 17.3 Å². The third kappa shape index (κ3) is 6.72. The van der Waals surface area contributed by atoms with Crippen LogP contribution in [-0.4, -0.2) is 54.8 Å². The smallest absolute Gasteiger partial charge is 0.294 e. The van der Waals surface area contributed by atoms with Crippen molar-refractivity contribution in [1.82, 2.24) is 4.90 Å². The van der Waals surface area contributed by atoms with Gasteiger partial charge in [0.05, 0.1) is 18.1 Å². The Morgan fingerprint density at radius 2 is 1.82 bits per heavy atom. The van der Waals surface area contributed by atoms with Crippen LogP contribution < -0.4 is 15.0 Å². The maximum Gasteiger partial charge on any atom is 0.294 e. The molecule has 2 fully saturated rings. The third-order valence-electron chi connectivity index (χ3n) is 6.30. The quantitative estimate of drug-likeness (QED) is 0.322. The molecule has 40 heavy (non-hydrogen) atoms. The van der Waals surface area contributed by atoms with Crippen LogP contribution in [0.3, 0.4) is 0 Å². The lowest BCUT2D eigenvalue weighted by atomic mass is 10.1. The molecule has 2 heterocycles. The molecule has 1 N–H and O–H groups in total. The Labute approximate surface area is 243 Å². The number of thioether (sulfide) groups is 1. The van der Waals surface area contributed by atoms with Crippen LogP contribution in [0.15, 0.2) is 76.1 Å². The molecule has 206 valence electrons. The van der Waals surface area contributed by atoms with E-state index in [9.17, 15) is 18.8 Å². The molecule has 3 aromatic carbocycles. The Balaban J connectivity index is 1.23. The number of morpholine rings is 1. The normalized spacial score (nSPS) is 16.5. The summed E-state index contributed by atoms with van der Waals surface area (Å²) in [5.74, 6) is -1.03. The molecule has 2 aliphatic rings. The first-order valence-corrected chi connectivity index (χ1v) is 14.1. The van der Waals surface area contributed by atoms with Crippen molar-refractivity contribution in [3.05, 3.63) is 93.1 Å². The molecule has 0 radical (unpaired) electrons. The first kappa shape index (κ1) is 27.9. The SMILES string of the molecule is O=C(CN1C(=O)S/C(=C\c2cc(Br)ccc2OCc2ccccc2F)C1=O)Nc1ccc(N2CCOCC2)cc1. The Hall–Kier alpha value is -3.67. The number of halogens is 2. The van der Waals surface area contributed by atoms with Crippen LogP contribution in [0, 0.1) is 5.82 Å². The number of nitrogens with zero attached hydrogens (tertiary/aromatic N) is 2. The van der Waals surface area contributed by atoms with Gasteiger partial charge in [-0.05, 0) is 66.4 Å². The highest BCUT2D eigenvalue weighted by molar-refractivity contribution is 9.10. The maximum absolute atomic E-state index is 14.0.